The van der Waals surface area contributed by atoms with E-state index in [0.717, 1.165) is 16.1 Å². The van der Waals surface area contributed by atoms with Crippen LogP contribution >= 0.6 is 22.9 Å². The first-order valence-electron chi connectivity index (χ1n) is 7.51. The van der Waals surface area contributed by atoms with E-state index in [4.69, 9.17) is 16.3 Å². The van der Waals surface area contributed by atoms with Gasteiger partial charge in [-0.05, 0) is 31.2 Å². The molecule has 25 heavy (non-hydrogen) atoms. The Bertz CT molecular complexity index is 901. The Morgan fingerprint density at radius 3 is 2.44 bits per heavy atom. The number of rotatable bonds is 5. The summed E-state index contributed by atoms with van der Waals surface area (Å²) < 4.78 is 5.07. The second kappa shape index (κ2) is 7.59. The Morgan fingerprint density at radius 1 is 1.08 bits per heavy atom. The average Bonchev–Trinajstić information content (AvgIpc) is 3.11. The SMILES string of the molecule is Cc1ccc(-c2nc(C(=O)OCC(=O)c3ccc(Cl)cc3)cs2)cc1. The fourth-order valence-electron chi connectivity index (χ4n) is 2.12. The summed E-state index contributed by atoms with van der Waals surface area (Å²) in [6.45, 7) is 1.67. The molecule has 0 atom stereocenters. The predicted octanol–water partition coefficient (Wildman–Crippen LogP) is 4.81. The van der Waals surface area contributed by atoms with Gasteiger partial charge >= 0.3 is 5.97 Å². The summed E-state index contributed by atoms with van der Waals surface area (Å²) in [7, 11) is 0. The largest absolute Gasteiger partial charge is 0.453 e. The van der Waals surface area contributed by atoms with Crippen molar-refractivity contribution in [1.82, 2.24) is 4.98 Å². The predicted molar refractivity (Wildman–Crippen MR) is 98.4 cm³/mol. The minimum atomic E-state index is -0.614. The van der Waals surface area contributed by atoms with Crippen LogP contribution in [0.15, 0.2) is 53.9 Å². The second-order valence-corrected chi connectivity index (χ2v) is 6.70. The number of ketones is 1. The van der Waals surface area contributed by atoms with Crippen molar-refractivity contribution >= 4 is 34.7 Å². The lowest BCUT2D eigenvalue weighted by Gasteiger charge is -2.03. The number of carbonyl (C=O) groups excluding carboxylic acids is 2. The molecule has 126 valence electrons. The summed E-state index contributed by atoms with van der Waals surface area (Å²) in [6.07, 6.45) is 0. The first kappa shape index (κ1) is 17.3. The molecule has 0 N–H and O–H groups in total. The smallest absolute Gasteiger partial charge is 0.358 e. The molecular formula is C19H14ClNO3S. The van der Waals surface area contributed by atoms with Crippen LogP contribution in [0.25, 0.3) is 10.6 Å². The number of thiazole rings is 1. The van der Waals surface area contributed by atoms with Crippen molar-refractivity contribution in [2.24, 2.45) is 0 Å². The molecule has 0 saturated carbocycles. The van der Waals surface area contributed by atoms with E-state index < -0.39 is 5.97 Å². The summed E-state index contributed by atoms with van der Waals surface area (Å²) in [5, 5.41) is 2.90. The zero-order valence-electron chi connectivity index (χ0n) is 13.4. The van der Waals surface area contributed by atoms with E-state index in [1.54, 1.807) is 29.6 Å². The van der Waals surface area contributed by atoms with Gasteiger partial charge in [-0.1, -0.05) is 41.4 Å². The van der Waals surface area contributed by atoms with E-state index in [2.05, 4.69) is 4.98 Å². The van der Waals surface area contributed by atoms with E-state index in [1.807, 2.05) is 31.2 Å². The van der Waals surface area contributed by atoms with Crippen LogP contribution in [0.3, 0.4) is 0 Å². The molecule has 0 saturated heterocycles. The van der Waals surface area contributed by atoms with Gasteiger partial charge in [0.2, 0.25) is 0 Å². The number of nitrogens with zero attached hydrogens (tertiary/aromatic N) is 1. The normalized spacial score (nSPS) is 10.5. The maximum atomic E-state index is 12.1. The minimum absolute atomic E-state index is 0.199. The first-order valence-corrected chi connectivity index (χ1v) is 8.77. The van der Waals surface area contributed by atoms with Crippen molar-refractivity contribution in [2.75, 3.05) is 6.61 Å². The van der Waals surface area contributed by atoms with Crippen molar-refractivity contribution in [3.05, 3.63) is 75.8 Å². The van der Waals surface area contributed by atoms with Gasteiger partial charge in [0.25, 0.3) is 0 Å². The molecule has 0 fully saturated rings. The minimum Gasteiger partial charge on any atom is -0.453 e. The summed E-state index contributed by atoms with van der Waals surface area (Å²) in [5.74, 6) is -0.907. The van der Waals surface area contributed by atoms with Crippen LogP contribution in [0.5, 0.6) is 0 Å². The number of aryl methyl sites for hydroxylation is 1. The van der Waals surface area contributed by atoms with Crippen LogP contribution < -0.4 is 0 Å². The number of Topliss-reactive ketones (excluding diaryl/α,β-unsaturated/α-hetero) is 1. The van der Waals surface area contributed by atoms with Gasteiger partial charge in [0.15, 0.2) is 18.1 Å². The second-order valence-electron chi connectivity index (χ2n) is 5.41. The van der Waals surface area contributed by atoms with Crippen molar-refractivity contribution in [1.29, 1.82) is 0 Å². The highest BCUT2D eigenvalue weighted by Gasteiger charge is 2.15. The maximum Gasteiger partial charge on any atom is 0.358 e. The highest BCUT2D eigenvalue weighted by Crippen LogP contribution is 2.24. The molecule has 6 heteroatoms. The molecule has 3 rings (SSSR count). The zero-order chi connectivity index (χ0) is 17.8. The number of hydrogen-bond acceptors (Lipinski definition) is 5. The van der Waals surface area contributed by atoms with Crippen LogP contribution in [0.4, 0.5) is 0 Å². The van der Waals surface area contributed by atoms with Crippen LogP contribution in [-0.4, -0.2) is 23.3 Å². The molecule has 0 spiro atoms. The van der Waals surface area contributed by atoms with Crippen LogP contribution in [0, 0.1) is 6.92 Å². The lowest BCUT2D eigenvalue weighted by Crippen LogP contribution is -2.14. The fraction of sp³-hybridized carbons (Fsp3) is 0.105. The van der Waals surface area contributed by atoms with Crippen LogP contribution in [0.2, 0.25) is 5.02 Å². The molecule has 0 aliphatic rings. The van der Waals surface area contributed by atoms with Gasteiger partial charge in [-0.15, -0.1) is 11.3 Å². The molecule has 1 heterocycles. The molecule has 2 aromatic carbocycles. The number of halogens is 1. The summed E-state index contributed by atoms with van der Waals surface area (Å²) in [4.78, 5) is 28.4. The maximum absolute atomic E-state index is 12.1. The van der Waals surface area contributed by atoms with Gasteiger partial charge < -0.3 is 4.74 Å². The van der Waals surface area contributed by atoms with Crippen LogP contribution in [0.1, 0.15) is 26.4 Å². The van der Waals surface area contributed by atoms with Gasteiger partial charge in [-0.25, -0.2) is 9.78 Å². The standard InChI is InChI=1S/C19H14ClNO3S/c1-12-2-4-14(5-3-12)18-21-16(11-25-18)19(23)24-10-17(22)13-6-8-15(20)9-7-13/h2-9,11H,10H2,1H3. The molecule has 0 unspecified atom stereocenters. The topological polar surface area (TPSA) is 56.3 Å². The third-order valence-corrected chi connectivity index (χ3v) is 4.66. The monoisotopic (exact) mass is 371 g/mol. The Balaban J connectivity index is 1.63. The van der Waals surface area contributed by atoms with Gasteiger partial charge in [-0.2, -0.15) is 0 Å². The van der Waals surface area contributed by atoms with Gasteiger partial charge in [0.05, 0.1) is 0 Å². The van der Waals surface area contributed by atoms with Gasteiger partial charge in [-0.3, -0.25) is 4.79 Å². The Morgan fingerprint density at radius 2 is 1.76 bits per heavy atom. The Labute approximate surface area is 154 Å². The number of hydrogen-bond donors (Lipinski definition) is 0. The van der Waals surface area contributed by atoms with E-state index in [9.17, 15) is 9.59 Å². The molecule has 0 radical (unpaired) electrons. The lowest BCUT2D eigenvalue weighted by molar-refractivity contribution is 0.0470. The van der Waals surface area contributed by atoms with Crippen molar-refractivity contribution in [3.8, 4) is 10.6 Å². The fourth-order valence-corrected chi connectivity index (χ4v) is 3.04. The molecule has 0 aliphatic heterocycles. The molecule has 0 amide bonds. The third kappa shape index (κ3) is 4.32. The summed E-state index contributed by atoms with van der Waals surface area (Å²) in [6, 6.07) is 14.3. The molecular weight excluding hydrogens is 358 g/mol. The zero-order valence-corrected chi connectivity index (χ0v) is 14.9. The van der Waals surface area contributed by atoms with Gasteiger partial charge in [0, 0.05) is 21.5 Å². The molecule has 0 bridgehead atoms. The highest BCUT2D eigenvalue weighted by molar-refractivity contribution is 7.13. The Kier molecular flexibility index (Phi) is 5.26. The van der Waals surface area contributed by atoms with E-state index in [0.29, 0.717) is 10.6 Å². The quantitative estimate of drug-likeness (QED) is 0.477. The lowest BCUT2D eigenvalue weighted by atomic mass is 10.1. The first-order chi connectivity index (χ1) is 12.0. The summed E-state index contributed by atoms with van der Waals surface area (Å²) >= 11 is 7.14. The van der Waals surface area contributed by atoms with Crippen LogP contribution in [-0.2, 0) is 4.74 Å². The number of esters is 1. The Hall–Kier alpha value is -2.50. The molecule has 4 nitrogen and oxygen atoms in total. The highest BCUT2D eigenvalue weighted by atomic mass is 35.5. The molecule has 3 aromatic rings. The average molecular weight is 372 g/mol. The van der Waals surface area contributed by atoms with E-state index >= 15 is 0 Å². The van der Waals surface area contributed by atoms with Crippen molar-refractivity contribution < 1.29 is 14.3 Å². The number of aromatic nitrogens is 1. The van der Waals surface area contributed by atoms with E-state index in [1.165, 1.54) is 11.3 Å². The third-order valence-electron chi connectivity index (χ3n) is 3.51. The number of carbonyl (C=O) groups is 2. The van der Waals surface area contributed by atoms with Gasteiger partial charge in [0.1, 0.15) is 5.01 Å². The van der Waals surface area contributed by atoms with Crippen molar-refractivity contribution in [3.63, 3.8) is 0 Å². The van der Waals surface area contributed by atoms with Crippen molar-refractivity contribution in [2.45, 2.75) is 6.92 Å². The molecule has 1 aromatic heterocycles. The number of benzene rings is 2. The van der Waals surface area contributed by atoms with E-state index in [-0.39, 0.29) is 18.1 Å². The molecule has 0 aliphatic carbocycles. The summed E-state index contributed by atoms with van der Waals surface area (Å²) in [5.41, 5.74) is 2.73. The number of ether oxygens (including phenoxy) is 1.